The molecule has 0 aliphatic carbocycles. The van der Waals surface area contributed by atoms with Gasteiger partial charge in [0.2, 0.25) is 0 Å². The van der Waals surface area contributed by atoms with Crippen LogP contribution in [0.25, 0.3) is 16.8 Å². The highest BCUT2D eigenvalue weighted by molar-refractivity contribution is 14.1. The molecule has 0 atom stereocenters. The third-order valence-electron chi connectivity index (χ3n) is 6.11. The van der Waals surface area contributed by atoms with Gasteiger partial charge < -0.3 is 24.3 Å². The zero-order valence-electron chi connectivity index (χ0n) is 21.8. The van der Waals surface area contributed by atoms with Crippen LogP contribution >= 0.6 is 22.6 Å². The Balaban J connectivity index is 1.51. The molecule has 39 heavy (non-hydrogen) atoms. The lowest BCUT2D eigenvalue weighted by molar-refractivity contribution is -0.117. The highest BCUT2D eigenvalue weighted by atomic mass is 127. The van der Waals surface area contributed by atoms with Gasteiger partial charge in [-0.3, -0.25) is 4.79 Å². The van der Waals surface area contributed by atoms with E-state index in [1.165, 1.54) is 6.08 Å². The van der Waals surface area contributed by atoms with Gasteiger partial charge in [-0.25, -0.2) is 0 Å². The number of hydrogen-bond donors (Lipinski definition) is 1. The molecule has 4 aromatic rings. The monoisotopic (exact) mass is 634 g/mol. The molecule has 0 bridgehead atoms. The van der Waals surface area contributed by atoms with Crippen molar-refractivity contribution in [1.82, 2.24) is 5.32 Å². The van der Waals surface area contributed by atoms with Crippen LogP contribution < -0.4 is 24.3 Å². The second-order valence-corrected chi connectivity index (χ2v) is 9.65. The highest BCUT2D eigenvalue weighted by Crippen LogP contribution is 2.35. The first-order valence-electron chi connectivity index (χ1n) is 12.0. The van der Waals surface area contributed by atoms with Gasteiger partial charge >= 0.3 is 0 Å². The summed E-state index contributed by atoms with van der Waals surface area (Å²) >= 11 is 2.17. The molecule has 4 rings (SSSR count). The van der Waals surface area contributed by atoms with E-state index in [0.717, 1.165) is 25.5 Å². The van der Waals surface area contributed by atoms with Crippen LogP contribution in [0.4, 0.5) is 0 Å². The molecule has 0 unspecified atom stereocenters. The fourth-order valence-electron chi connectivity index (χ4n) is 4.12. The van der Waals surface area contributed by atoms with Crippen LogP contribution in [0.5, 0.6) is 23.0 Å². The Kier molecular flexibility index (Phi) is 9.28. The van der Waals surface area contributed by atoms with Crippen molar-refractivity contribution in [2.75, 3.05) is 21.3 Å². The summed E-state index contributed by atoms with van der Waals surface area (Å²) in [4.78, 5) is 12.8. The topological polar surface area (TPSA) is 89.8 Å². The van der Waals surface area contributed by atoms with Crippen molar-refractivity contribution in [3.8, 4) is 29.1 Å². The molecular weight excluding hydrogens is 607 g/mol. The van der Waals surface area contributed by atoms with Crippen LogP contribution in [0.2, 0.25) is 0 Å². The smallest absolute Gasteiger partial charge is 0.262 e. The Bertz CT molecular complexity index is 1570. The molecule has 0 saturated carbocycles. The van der Waals surface area contributed by atoms with Crippen LogP contribution in [0.15, 0.2) is 78.4 Å². The van der Waals surface area contributed by atoms with Crippen molar-refractivity contribution in [1.29, 1.82) is 5.26 Å². The van der Waals surface area contributed by atoms with Crippen LogP contribution in [-0.4, -0.2) is 27.2 Å². The van der Waals surface area contributed by atoms with E-state index in [4.69, 9.17) is 18.9 Å². The SMILES string of the molecule is COc1ccc(CNC(=O)/C(C#N)=C/c2cc(I)c(OCc3cccc4ccccc34)c(OC)c2)c(OC)c1. The average Bonchev–Trinajstić information content (AvgIpc) is 2.97. The predicted molar refractivity (Wildman–Crippen MR) is 159 cm³/mol. The molecule has 0 aromatic heterocycles. The standard InChI is InChI=1S/C31H27IN2O5/c1-36-25-12-11-22(28(16-25)37-2)18-34-31(35)24(17-33)13-20-14-27(32)30(29(15-20)38-3)39-19-23-9-6-8-21-7-4-5-10-26(21)23/h4-16H,18-19H2,1-3H3,(H,34,35)/b24-13+. The minimum Gasteiger partial charge on any atom is -0.497 e. The lowest BCUT2D eigenvalue weighted by atomic mass is 10.1. The zero-order valence-corrected chi connectivity index (χ0v) is 23.9. The van der Waals surface area contributed by atoms with E-state index in [0.29, 0.717) is 35.2 Å². The molecule has 1 amide bonds. The van der Waals surface area contributed by atoms with Gasteiger partial charge in [0.15, 0.2) is 11.5 Å². The van der Waals surface area contributed by atoms with Crippen molar-refractivity contribution in [3.05, 3.63) is 98.6 Å². The summed E-state index contributed by atoms with van der Waals surface area (Å²) in [6.07, 6.45) is 1.53. The minimum atomic E-state index is -0.499. The fraction of sp³-hybridized carbons (Fsp3) is 0.161. The van der Waals surface area contributed by atoms with Crippen LogP contribution in [0.1, 0.15) is 16.7 Å². The summed E-state index contributed by atoms with van der Waals surface area (Å²) in [6.45, 7) is 0.552. The van der Waals surface area contributed by atoms with E-state index in [2.05, 4.69) is 46.1 Å². The first-order chi connectivity index (χ1) is 19.0. The predicted octanol–water partition coefficient (Wildman–Crippen LogP) is 6.27. The molecular formula is C31H27IN2O5. The fourth-order valence-corrected chi connectivity index (χ4v) is 4.90. The molecule has 8 heteroatoms. The lowest BCUT2D eigenvalue weighted by Gasteiger charge is -2.15. The number of hydrogen-bond acceptors (Lipinski definition) is 6. The van der Waals surface area contributed by atoms with Crippen molar-refractivity contribution in [3.63, 3.8) is 0 Å². The van der Waals surface area contributed by atoms with Gasteiger partial charge in [0.25, 0.3) is 5.91 Å². The molecule has 0 heterocycles. The molecule has 0 saturated heterocycles. The van der Waals surface area contributed by atoms with Gasteiger partial charge in [-0.1, -0.05) is 42.5 Å². The van der Waals surface area contributed by atoms with Crippen LogP contribution in [0.3, 0.4) is 0 Å². The number of rotatable bonds is 10. The van der Waals surface area contributed by atoms with E-state index in [1.54, 1.807) is 45.6 Å². The Labute approximate surface area is 241 Å². The molecule has 4 aromatic carbocycles. The third kappa shape index (κ3) is 6.62. The summed E-state index contributed by atoms with van der Waals surface area (Å²) in [5.41, 5.74) is 2.42. The van der Waals surface area contributed by atoms with Crippen molar-refractivity contribution in [2.45, 2.75) is 13.2 Å². The van der Waals surface area contributed by atoms with Crippen molar-refractivity contribution < 1.29 is 23.7 Å². The quantitative estimate of drug-likeness (QED) is 0.126. The number of nitrogens with zero attached hydrogens (tertiary/aromatic N) is 1. The Morgan fingerprint density at radius 1 is 0.923 bits per heavy atom. The maximum absolute atomic E-state index is 12.8. The van der Waals surface area contributed by atoms with Gasteiger partial charge in [0.1, 0.15) is 29.7 Å². The number of benzene rings is 4. The Hall–Kier alpha value is -4.23. The normalized spacial score (nSPS) is 11.0. The number of ether oxygens (including phenoxy) is 4. The summed E-state index contributed by atoms with van der Waals surface area (Å²) < 4.78 is 23.2. The number of nitrogens with one attached hydrogen (secondary N) is 1. The van der Waals surface area contributed by atoms with Gasteiger partial charge in [0.05, 0.1) is 24.9 Å². The maximum atomic E-state index is 12.8. The molecule has 0 spiro atoms. The first-order valence-corrected chi connectivity index (χ1v) is 13.1. The Morgan fingerprint density at radius 3 is 2.44 bits per heavy atom. The number of amides is 1. The summed E-state index contributed by atoms with van der Waals surface area (Å²) in [5.74, 6) is 1.83. The second-order valence-electron chi connectivity index (χ2n) is 8.49. The number of carbonyl (C=O) groups excluding carboxylic acids is 1. The molecule has 0 aliphatic heterocycles. The summed E-state index contributed by atoms with van der Waals surface area (Å²) in [5, 5.41) is 14.8. The first kappa shape index (κ1) is 27.8. The van der Waals surface area contributed by atoms with Gasteiger partial charge in [-0.05, 0) is 74.8 Å². The average molecular weight is 634 g/mol. The molecule has 0 fully saturated rings. The molecule has 0 radical (unpaired) electrons. The van der Waals surface area contributed by atoms with Gasteiger partial charge in [-0.15, -0.1) is 0 Å². The highest BCUT2D eigenvalue weighted by Gasteiger charge is 2.15. The number of methoxy groups -OCH3 is 3. The van der Waals surface area contributed by atoms with Crippen LogP contribution in [0, 0.1) is 14.9 Å². The van der Waals surface area contributed by atoms with Crippen LogP contribution in [-0.2, 0) is 17.9 Å². The summed E-state index contributed by atoms with van der Waals surface area (Å²) in [6, 6.07) is 25.2. The van der Waals surface area contributed by atoms with Crippen molar-refractivity contribution >= 4 is 45.3 Å². The minimum absolute atomic E-state index is 0.0373. The summed E-state index contributed by atoms with van der Waals surface area (Å²) in [7, 11) is 4.68. The van der Waals surface area contributed by atoms with Crippen molar-refractivity contribution in [2.24, 2.45) is 0 Å². The second kappa shape index (κ2) is 13.0. The number of halogens is 1. The van der Waals surface area contributed by atoms with Gasteiger partial charge in [0, 0.05) is 18.2 Å². The van der Waals surface area contributed by atoms with E-state index in [9.17, 15) is 10.1 Å². The zero-order chi connectivity index (χ0) is 27.8. The van der Waals surface area contributed by atoms with E-state index in [-0.39, 0.29) is 12.1 Å². The van der Waals surface area contributed by atoms with Gasteiger partial charge in [-0.2, -0.15) is 5.26 Å². The molecule has 7 nitrogen and oxygen atoms in total. The third-order valence-corrected chi connectivity index (χ3v) is 6.91. The maximum Gasteiger partial charge on any atom is 0.262 e. The van der Waals surface area contributed by atoms with E-state index >= 15 is 0 Å². The van der Waals surface area contributed by atoms with E-state index < -0.39 is 5.91 Å². The lowest BCUT2D eigenvalue weighted by Crippen LogP contribution is -2.24. The number of carbonyl (C=O) groups is 1. The molecule has 198 valence electrons. The number of fused-ring (bicyclic) bond motifs is 1. The number of nitriles is 1. The van der Waals surface area contributed by atoms with E-state index in [1.807, 2.05) is 36.4 Å². The Morgan fingerprint density at radius 2 is 1.69 bits per heavy atom. The largest absolute Gasteiger partial charge is 0.497 e. The molecule has 0 aliphatic rings. The molecule has 1 N–H and O–H groups in total.